The second-order valence-corrected chi connectivity index (χ2v) is 3.62. The maximum Gasteiger partial charge on any atom is 0.0113 e. The first-order valence-corrected chi connectivity index (χ1v) is 4.73. The van der Waals surface area contributed by atoms with Gasteiger partial charge in [0, 0.05) is 5.66 Å². The van der Waals surface area contributed by atoms with Crippen LogP contribution in [-0.2, 0) is 11.8 Å². The Kier molecular flexibility index (Phi) is 2.21. The second-order valence-electron chi connectivity index (χ2n) is 2.04. The standard InChI is InChI=1S/C5H9PS/c7-6-5-3-1-2-4-5/h5H,1-4H2. The zero-order valence-corrected chi connectivity index (χ0v) is 5.97. The van der Waals surface area contributed by atoms with Gasteiger partial charge in [0.05, 0.1) is 0 Å². The third kappa shape index (κ3) is 1.47. The van der Waals surface area contributed by atoms with Crippen molar-refractivity contribution in [3.63, 3.8) is 0 Å². The Hall–Kier alpha value is 0.520. The molecule has 0 aromatic rings. The van der Waals surface area contributed by atoms with Crippen LogP contribution in [0.15, 0.2) is 0 Å². The monoisotopic (exact) mass is 132 g/mol. The third-order valence-electron chi connectivity index (χ3n) is 1.47. The van der Waals surface area contributed by atoms with Crippen LogP contribution in [0.5, 0.6) is 0 Å². The second kappa shape index (κ2) is 2.74. The molecule has 1 saturated carbocycles. The topological polar surface area (TPSA) is 0 Å². The molecule has 1 aliphatic carbocycles. The lowest BCUT2D eigenvalue weighted by Crippen LogP contribution is -1.83. The summed E-state index contributed by atoms with van der Waals surface area (Å²) in [6.45, 7) is 0. The maximum absolute atomic E-state index is 4.88. The maximum atomic E-state index is 4.88. The van der Waals surface area contributed by atoms with E-state index in [9.17, 15) is 0 Å². The fourth-order valence-corrected chi connectivity index (χ4v) is 2.22. The number of rotatable bonds is 1. The van der Waals surface area contributed by atoms with Gasteiger partial charge in [-0.15, -0.1) is 0 Å². The molecule has 1 aliphatic rings. The smallest absolute Gasteiger partial charge is 0.0113 e. The van der Waals surface area contributed by atoms with Gasteiger partial charge in [-0.05, 0) is 20.2 Å². The van der Waals surface area contributed by atoms with Gasteiger partial charge in [-0.1, -0.05) is 24.6 Å². The summed E-state index contributed by atoms with van der Waals surface area (Å²) in [5.74, 6) is 0. The van der Waals surface area contributed by atoms with Crippen molar-refractivity contribution in [3.8, 4) is 0 Å². The minimum atomic E-state index is 0.884. The van der Waals surface area contributed by atoms with Crippen LogP contribution in [0.2, 0.25) is 0 Å². The summed E-state index contributed by atoms with van der Waals surface area (Å²) in [7, 11) is 1.21. The largest absolute Gasteiger partial charge is 0.0575 e. The summed E-state index contributed by atoms with van der Waals surface area (Å²) < 4.78 is 0. The molecule has 0 aromatic heterocycles. The molecule has 0 unspecified atom stereocenters. The molecular weight excluding hydrogens is 123 g/mol. The predicted octanol–water partition coefficient (Wildman–Crippen LogP) is 2.34. The van der Waals surface area contributed by atoms with E-state index in [2.05, 4.69) is 0 Å². The predicted molar refractivity (Wildman–Crippen MR) is 36.5 cm³/mol. The minimum Gasteiger partial charge on any atom is -0.0575 e. The lowest BCUT2D eigenvalue weighted by molar-refractivity contribution is 0.886. The van der Waals surface area contributed by atoms with Gasteiger partial charge in [-0.2, -0.15) is 0 Å². The van der Waals surface area contributed by atoms with Crippen LogP contribution in [0, 0.1) is 0 Å². The van der Waals surface area contributed by atoms with Crippen molar-refractivity contribution in [2.75, 3.05) is 0 Å². The molecule has 0 aliphatic heterocycles. The van der Waals surface area contributed by atoms with Crippen molar-refractivity contribution in [2.24, 2.45) is 0 Å². The lowest BCUT2D eigenvalue weighted by atomic mass is 10.4. The van der Waals surface area contributed by atoms with E-state index in [0.717, 1.165) is 5.66 Å². The van der Waals surface area contributed by atoms with Crippen LogP contribution < -0.4 is 0 Å². The average molecular weight is 132 g/mol. The van der Waals surface area contributed by atoms with Crippen LogP contribution in [-0.4, -0.2) is 5.66 Å². The van der Waals surface area contributed by atoms with Crippen molar-refractivity contribution >= 4 is 19.2 Å². The highest BCUT2D eigenvalue weighted by Gasteiger charge is 2.11. The third-order valence-corrected chi connectivity index (χ3v) is 3.18. The molecular formula is C5H9PS. The first kappa shape index (κ1) is 5.65. The van der Waals surface area contributed by atoms with Crippen molar-refractivity contribution in [3.05, 3.63) is 0 Å². The zero-order chi connectivity index (χ0) is 5.11. The Labute approximate surface area is 51.1 Å². The summed E-state index contributed by atoms with van der Waals surface area (Å²) in [5, 5.41) is 0. The highest BCUT2D eigenvalue weighted by Crippen LogP contribution is 2.27. The van der Waals surface area contributed by atoms with E-state index in [1.807, 2.05) is 0 Å². The van der Waals surface area contributed by atoms with Gasteiger partial charge in [0.1, 0.15) is 0 Å². The Morgan fingerprint density at radius 1 is 1.29 bits per heavy atom. The van der Waals surface area contributed by atoms with Gasteiger partial charge in [0.25, 0.3) is 0 Å². The normalized spacial score (nSPS) is 24.0. The lowest BCUT2D eigenvalue weighted by Gasteiger charge is -1.92. The van der Waals surface area contributed by atoms with Crippen molar-refractivity contribution in [2.45, 2.75) is 31.3 Å². The van der Waals surface area contributed by atoms with Crippen molar-refractivity contribution < 1.29 is 0 Å². The average Bonchev–Trinajstić information content (AvgIpc) is 2.14. The van der Waals surface area contributed by atoms with Crippen LogP contribution in [0.3, 0.4) is 0 Å². The van der Waals surface area contributed by atoms with Crippen LogP contribution in [0.25, 0.3) is 0 Å². The van der Waals surface area contributed by atoms with Gasteiger partial charge in [0.2, 0.25) is 0 Å². The molecule has 7 heavy (non-hydrogen) atoms. The number of hydrogen-bond donors (Lipinski definition) is 0. The molecule has 1 fully saturated rings. The van der Waals surface area contributed by atoms with Gasteiger partial charge in [-0.25, -0.2) is 0 Å². The molecule has 0 amide bonds. The van der Waals surface area contributed by atoms with Crippen molar-refractivity contribution in [1.29, 1.82) is 0 Å². The molecule has 0 nitrogen and oxygen atoms in total. The van der Waals surface area contributed by atoms with E-state index in [1.165, 1.54) is 33.0 Å². The van der Waals surface area contributed by atoms with Crippen LogP contribution in [0.1, 0.15) is 25.7 Å². The summed E-state index contributed by atoms with van der Waals surface area (Å²) in [5.41, 5.74) is 0.884. The summed E-state index contributed by atoms with van der Waals surface area (Å²) in [6.07, 6.45) is 5.64. The van der Waals surface area contributed by atoms with E-state index < -0.39 is 0 Å². The Morgan fingerprint density at radius 3 is 2.14 bits per heavy atom. The molecule has 0 N–H and O–H groups in total. The summed E-state index contributed by atoms with van der Waals surface area (Å²) >= 11 is 4.88. The quantitative estimate of drug-likeness (QED) is 0.493. The van der Waals surface area contributed by atoms with Gasteiger partial charge in [0.15, 0.2) is 0 Å². The molecule has 0 heterocycles. The first-order chi connectivity index (χ1) is 3.43. The highest BCUT2D eigenvalue weighted by molar-refractivity contribution is 7.96. The molecule has 0 aromatic carbocycles. The highest BCUT2D eigenvalue weighted by atomic mass is 32.4. The first-order valence-electron chi connectivity index (χ1n) is 2.76. The van der Waals surface area contributed by atoms with E-state index in [-0.39, 0.29) is 0 Å². The van der Waals surface area contributed by atoms with E-state index in [4.69, 9.17) is 11.8 Å². The fraction of sp³-hybridized carbons (Fsp3) is 1.00. The molecule has 40 valence electrons. The molecule has 0 bridgehead atoms. The molecule has 0 saturated heterocycles. The van der Waals surface area contributed by atoms with E-state index in [1.54, 1.807) is 0 Å². The minimum absolute atomic E-state index is 0.884. The van der Waals surface area contributed by atoms with Gasteiger partial charge < -0.3 is 0 Å². The Morgan fingerprint density at radius 2 is 1.86 bits per heavy atom. The van der Waals surface area contributed by atoms with Gasteiger partial charge >= 0.3 is 0 Å². The number of hydrogen-bond acceptors (Lipinski definition) is 1. The zero-order valence-electron chi connectivity index (χ0n) is 4.26. The Balaban J connectivity index is 2.26. The molecule has 0 spiro atoms. The Bertz CT molecular complexity index is 66.5. The van der Waals surface area contributed by atoms with Gasteiger partial charge in [-0.3, -0.25) is 0 Å². The summed E-state index contributed by atoms with van der Waals surface area (Å²) in [4.78, 5) is 0. The van der Waals surface area contributed by atoms with Crippen molar-refractivity contribution in [1.82, 2.24) is 0 Å². The summed E-state index contributed by atoms with van der Waals surface area (Å²) in [6, 6.07) is 0. The van der Waals surface area contributed by atoms with Crippen LogP contribution >= 0.6 is 7.36 Å². The van der Waals surface area contributed by atoms with E-state index in [0.29, 0.717) is 0 Å². The van der Waals surface area contributed by atoms with E-state index >= 15 is 0 Å². The molecule has 2 heteroatoms. The fourth-order valence-electron chi connectivity index (χ4n) is 1.01. The SMILES string of the molecule is S=PC1CCCC1. The molecule has 0 atom stereocenters. The van der Waals surface area contributed by atoms with Crippen LogP contribution in [0.4, 0.5) is 0 Å². The molecule has 1 rings (SSSR count). The molecule has 0 radical (unpaired) electrons.